The third-order valence-electron chi connectivity index (χ3n) is 3.69. The van der Waals surface area contributed by atoms with Crippen LogP contribution in [0.5, 0.6) is 0 Å². The summed E-state index contributed by atoms with van der Waals surface area (Å²) in [5.41, 5.74) is 1.28. The van der Waals surface area contributed by atoms with Gasteiger partial charge >= 0.3 is 6.01 Å². The Bertz CT molecular complexity index is 764. The van der Waals surface area contributed by atoms with Crippen LogP contribution in [0.25, 0.3) is 11.5 Å². The number of benzene rings is 1. The zero-order valence-electron chi connectivity index (χ0n) is 13.2. The average Bonchev–Trinajstić information content (AvgIpc) is 3.20. The molecule has 0 unspecified atom stereocenters. The van der Waals surface area contributed by atoms with Gasteiger partial charge in [0.15, 0.2) is 0 Å². The smallest absolute Gasteiger partial charge is 0.317 e. The van der Waals surface area contributed by atoms with Gasteiger partial charge in [-0.25, -0.2) is 8.42 Å². The van der Waals surface area contributed by atoms with Crippen LogP contribution in [-0.2, 0) is 10.0 Å². The first-order chi connectivity index (χ1) is 10.9. The Hall–Kier alpha value is -2.09. The van der Waals surface area contributed by atoms with Crippen molar-refractivity contribution in [1.82, 2.24) is 10.2 Å². The molecule has 0 radical (unpaired) electrons. The Morgan fingerprint density at radius 1 is 1.22 bits per heavy atom. The molecular weight excluding hydrogens is 316 g/mol. The van der Waals surface area contributed by atoms with Crippen LogP contribution in [-0.4, -0.2) is 38.5 Å². The summed E-state index contributed by atoms with van der Waals surface area (Å²) in [5, 5.41) is 7.89. The van der Waals surface area contributed by atoms with Gasteiger partial charge in [0.2, 0.25) is 15.9 Å². The molecule has 0 saturated heterocycles. The molecule has 7 nitrogen and oxygen atoms in total. The third kappa shape index (κ3) is 4.22. The molecule has 1 heterocycles. The monoisotopic (exact) mass is 336 g/mol. The van der Waals surface area contributed by atoms with Gasteiger partial charge in [-0.2, -0.15) is 0 Å². The van der Waals surface area contributed by atoms with E-state index in [2.05, 4.69) is 14.9 Å². The molecule has 0 amide bonds. The molecule has 0 aliphatic heterocycles. The van der Waals surface area contributed by atoms with Crippen molar-refractivity contribution in [3.63, 3.8) is 0 Å². The first-order valence-corrected chi connectivity index (χ1v) is 9.20. The number of nitrogens with zero attached hydrogens (tertiary/aromatic N) is 3. The highest BCUT2D eigenvalue weighted by Gasteiger charge is 2.24. The summed E-state index contributed by atoms with van der Waals surface area (Å²) in [6.07, 6.45) is 3.05. The molecule has 1 aromatic heterocycles. The van der Waals surface area contributed by atoms with Crippen LogP contribution in [0.4, 0.5) is 11.7 Å². The van der Waals surface area contributed by atoms with Gasteiger partial charge in [0.1, 0.15) is 0 Å². The van der Waals surface area contributed by atoms with Gasteiger partial charge in [-0.15, -0.1) is 5.10 Å². The molecule has 2 aromatic rings. The van der Waals surface area contributed by atoms with Crippen molar-refractivity contribution in [2.24, 2.45) is 5.92 Å². The molecule has 0 spiro atoms. The van der Waals surface area contributed by atoms with Crippen LogP contribution in [0.3, 0.4) is 0 Å². The zero-order chi connectivity index (χ0) is 16.4. The van der Waals surface area contributed by atoms with E-state index in [9.17, 15) is 8.42 Å². The number of anilines is 2. The SMILES string of the molecule is CN(C)c1nnc(-c2ccc(NS(=O)(=O)CCC3CC3)cc2)o1. The number of nitrogens with one attached hydrogen (secondary N) is 1. The van der Waals surface area contributed by atoms with Gasteiger partial charge in [0.25, 0.3) is 0 Å². The zero-order valence-corrected chi connectivity index (χ0v) is 14.0. The van der Waals surface area contributed by atoms with E-state index in [-0.39, 0.29) is 5.75 Å². The first-order valence-electron chi connectivity index (χ1n) is 7.55. The minimum absolute atomic E-state index is 0.176. The summed E-state index contributed by atoms with van der Waals surface area (Å²) in [5.74, 6) is 1.17. The van der Waals surface area contributed by atoms with Crippen LogP contribution in [0.15, 0.2) is 28.7 Å². The second kappa shape index (κ2) is 6.19. The second-order valence-electron chi connectivity index (χ2n) is 6.01. The summed E-state index contributed by atoms with van der Waals surface area (Å²) < 4.78 is 32.1. The minimum Gasteiger partial charge on any atom is -0.403 e. The maximum Gasteiger partial charge on any atom is 0.317 e. The first kappa shape index (κ1) is 15.8. The van der Waals surface area contributed by atoms with Crippen molar-refractivity contribution in [3.8, 4) is 11.5 Å². The Morgan fingerprint density at radius 3 is 2.48 bits per heavy atom. The van der Waals surface area contributed by atoms with Crippen LogP contribution in [0, 0.1) is 5.92 Å². The van der Waals surface area contributed by atoms with E-state index < -0.39 is 10.0 Å². The Morgan fingerprint density at radius 2 is 1.91 bits per heavy atom. The Balaban J connectivity index is 1.66. The van der Waals surface area contributed by atoms with E-state index in [1.807, 2.05) is 14.1 Å². The standard InChI is InChI=1S/C15H20N4O3S/c1-19(2)15-17-16-14(22-15)12-5-7-13(8-6-12)18-23(20,21)10-9-11-3-4-11/h5-8,11,18H,3-4,9-10H2,1-2H3. The van der Waals surface area contributed by atoms with Gasteiger partial charge in [-0.05, 0) is 36.6 Å². The van der Waals surface area contributed by atoms with E-state index in [4.69, 9.17) is 4.42 Å². The fraction of sp³-hybridized carbons (Fsp3) is 0.467. The van der Waals surface area contributed by atoms with Gasteiger partial charge in [-0.1, -0.05) is 17.9 Å². The fourth-order valence-corrected chi connectivity index (χ4v) is 3.39. The Labute approximate surface area is 135 Å². The predicted octanol–water partition coefficient (Wildman–Crippen LogP) is 2.34. The van der Waals surface area contributed by atoms with Gasteiger partial charge in [-0.3, -0.25) is 4.72 Å². The predicted molar refractivity (Wildman–Crippen MR) is 88.8 cm³/mol. The highest BCUT2D eigenvalue weighted by molar-refractivity contribution is 7.92. The van der Waals surface area contributed by atoms with Gasteiger partial charge < -0.3 is 9.32 Å². The van der Waals surface area contributed by atoms with Crippen molar-refractivity contribution >= 4 is 21.7 Å². The largest absolute Gasteiger partial charge is 0.403 e. The summed E-state index contributed by atoms with van der Waals surface area (Å²) in [4.78, 5) is 1.72. The number of rotatable bonds is 7. The van der Waals surface area contributed by atoms with Crippen LogP contribution in [0.1, 0.15) is 19.3 Å². The molecule has 1 saturated carbocycles. The van der Waals surface area contributed by atoms with E-state index in [0.717, 1.165) is 24.8 Å². The lowest BCUT2D eigenvalue weighted by atomic mass is 10.2. The second-order valence-corrected chi connectivity index (χ2v) is 7.86. The van der Waals surface area contributed by atoms with Crippen LogP contribution < -0.4 is 9.62 Å². The van der Waals surface area contributed by atoms with E-state index in [1.165, 1.54) is 0 Å². The molecule has 0 atom stereocenters. The summed E-state index contributed by atoms with van der Waals surface area (Å²) >= 11 is 0. The van der Waals surface area contributed by atoms with E-state index >= 15 is 0 Å². The molecule has 1 aliphatic carbocycles. The topological polar surface area (TPSA) is 88.3 Å². The molecule has 23 heavy (non-hydrogen) atoms. The number of hydrogen-bond donors (Lipinski definition) is 1. The molecule has 124 valence electrons. The molecule has 1 N–H and O–H groups in total. The maximum atomic E-state index is 12.0. The summed E-state index contributed by atoms with van der Waals surface area (Å²) in [6.45, 7) is 0. The lowest BCUT2D eigenvalue weighted by molar-refractivity contribution is 0.566. The molecule has 1 aliphatic rings. The molecule has 0 bridgehead atoms. The van der Waals surface area contributed by atoms with Crippen molar-refractivity contribution in [2.45, 2.75) is 19.3 Å². The highest BCUT2D eigenvalue weighted by Crippen LogP contribution is 2.32. The number of sulfonamides is 1. The van der Waals surface area contributed by atoms with Crippen LogP contribution in [0.2, 0.25) is 0 Å². The van der Waals surface area contributed by atoms with Gasteiger partial charge in [0, 0.05) is 25.3 Å². The van der Waals surface area contributed by atoms with Crippen molar-refractivity contribution in [3.05, 3.63) is 24.3 Å². The lowest BCUT2D eigenvalue weighted by Crippen LogP contribution is -2.17. The van der Waals surface area contributed by atoms with Gasteiger partial charge in [0.05, 0.1) is 5.75 Å². The normalized spacial score (nSPS) is 14.7. The lowest BCUT2D eigenvalue weighted by Gasteiger charge is -2.08. The Kier molecular flexibility index (Phi) is 4.25. The summed E-state index contributed by atoms with van der Waals surface area (Å²) in [6, 6.07) is 7.33. The molecule has 1 aromatic carbocycles. The molecular formula is C15H20N4O3S. The number of aromatic nitrogens is 2. The minimum atomic E-state index is -3.28. The number of hydrogen-bond acceptors (Lipinski definition) is 6. The third-order valence-corrected chi connectivity index (χ3v) is 5.01. The van der Waals surface area contributed by atoms with Crippen LogP contribution >= 0.6 is 0 Å². The van der Waals surface area contributed by atoms with Crippen molar-refractivity contribution < 1.29 is 12.8 Å². The molecule has 1 fully saturated rings. The quantitative estimate of drug-likeness (QED) is 0.835. The maximum absolute atomic E-state index is 12.0. The van der Waals surface area contributed by atoms with Crippen molar-refractivity contribution in [2.75, 3.05) is 29.5 Å². The average molecular weight is 336 g/mol. The van der Waals surface area contributed by atoms with Crippen molar-refractivity contribution in [1.29, 1.82) is 0 Å². The molecule has 3 rings (SSSR count). The molecule has 8 heteroatoms. The highest BCUT2D eigenvalue weighted by atomic mass is 32.2. The van der Waals surface area contributed by atoms with E-state index in [1.54, 1.807) is 29.2 Å². The fourth-order valence-electron chi connectivity index (χ4n) is 2.15. The van der Waals surface area contributed by atoms with E-state index in [0.29, 0.717) is 23.5 Å². The summed E-state index contributed by atoms with van der Waals surface area (Å²) in [7, 11) is 0.350.